The number of aliphatic hydroxyl groups is 1. The molecule has 19 heavy (non-hydrogen) atoms. The number of hydrogen-bond acceptors (Lipinski definition) is 4. The van der Waals surface area contributed by atoms with Crippen molar-refractivity contribution in [2.45, 2.75) is 37.3 Å². The maximum absolute atomic E-state index is 12.0. The van der Waals surface area contributed by atoms with Crippen LogP contribution in [-0.4, -0.2) is 35.6 Å². The third kappa shape index (κ3) is 3.55. The maximum Gasteiger partial charge on any atom is 0.268 e. The van der Waals surface area contributed by atoms with Crippen LogP contribution in [0.1, 0.15) is 31.3 Å². The predicted molar refractivity (Wildman–Crippen MR) is 70.0 cm³/mol. The van der Waals surface area contributed by atoms with E-state index in [2.05, 4.69) is 5.32 Å². The lowest BCUT2D eigenvalue weighted by Crippen LogP contribution is -2.51. The summed E-state index contributed by atoms with van der Waals surface area (Å²) in [5.74, 6) is -0.483. The van der Waals surface area contributed by atoms with E-state index in [1.807, 2.05) is 0 Å². The molecule has 0 bridgehead atoms. The van der Waals surface area contributed by atoms with Gasteiger partial charge in [0.15, 0.2) is 0 Å². The highest BCUT2D eigenvalue weighted by molar-refractivity contribution is 7.89. The Balaban J connectivity index is 3.06. The number of primary sulfonamides is 1. The van der Waals surface area contributed by atoms with Crippen LogP contribution in [-0.2, 0) is 17.1 Å². The standard InChI is InChI=1S/C11H19N3O4S/c1-7(15)11(2,3)13-10(16)9-5-8(6-14(9)4)19(12,17)18/h5-7,15H,1-4H3,(H,13,16)(H2,12,17,18). The van der Waals surface area contributed by atoms with Crippen LogP contribution in [0.5, 0.6) is 0 Å². The fraction of sp³-hybridized carbons (Fsp3) is 0.545. The first-order valence-electron chi connectivity index (χ1n) is 5.65. The summed E-state index contributed by atoms with van der Waals surface area (Å²) in [6.07, 6.45) is 0.508. The van der Waals surface area contributed by atoms with Gasteiger partial charge in [0.05, 0.1) is 11.6 Å². The van der Waals surface area contributed by atoms with E-state index in [9.17, 15) is 18.3 Å². The van der Waals surface area contributed by atoms with Crippen LogP contribution in [0.3, 0.4) is 0 Å². The quantitative estimate of drug-likeness (QED) is 0.697. The molecule has 1 amide bonds. The highest BCUT2D eigenvalue weighted by atomic mass is 32.2. The Morgan fingerprint density at radius 3 is 2.42 bits per heavy atom. The summed E-state index contributed by atoms with van der Waals surface area (Å²) < 4.78 is 23.8. The summed E-state index contributed by atoms with van der Waals surface area (Å²) >= 11 is 0. The number of nitrogens with two attached hydrogens (primary N) is 1. The molecule has 0 fully saturated rings. The number of aryl methyl sites for hydroxylation is 1. The van der Waals surface area contributed by atoms with Gasteiger partial charge in [-0.1, -0.05) is 0 Å². The van der Waals surface area contributed by atoms with Gasteiger partial charge >= 0.3 is 0 Å². The van der Waals surface area contributed by atoms with Gasteiger partial charge < -0.3 is 15.0 Å². The molecule has 1 aromatic rings. The van der Waals surface area contributed by atoms with E-state index in [1.54, 1.807) is 27.8 Å². The highest BCUT2D eigenvalue weighted by Crippen LogP contribution is 2.14. The summed E-state index contributed by atoms with van der Waals surface area (Å²) in [5.41, 5.74) is -0.680. The van der Waals surface area contributed by atoms with E-state index < -0.39 is 27.6 Å². The molecular weight excluding hydrogens is 270 g/mol. The van der Waals surface area contributed by atoms with Crippen LogP contribution in [0.25, 0.3) is 0 Å². The van der Waals surface area contributed by atoms with Gasteiger partial charge in [0.25, 0.3) is 5.91 Å². The monoisotopic (exact) mass is 289 g/mol. The lowest BCUT2D eigenvalue weighted by molar-refractivity contribution is 0.0703. The Hall–Kier alpha value is -1.38. The molecule has 0 saturated heterocycles. The average Bonchev–Trinajstić information content (AvgIpc) is 2.58. The van der Waals surface area contributed by atoms with Crippen LogP contribution >= 0.6 is 0 Å². The Morgan fingerprint density at radius 2 is 2.05 bits per heavy atom. The molecule has 0 radical (unpaired) electrons. The number of amides is 1. The molecule has 8 heteroatoms. The van der Waals surface area contributed by atoms with Crippen LogP contribution in [0.2, 0.25) is 0 Å². The Morgan fingerprint density at radius 1 is 1.53 bits per heavy atom. The number of nitrogens with zero attached hydrogens (tertiary/aromatic N) is 1. The van der Waals surface area contributed by atoms with Crippen molar-refractivity contribution in [3.8, 4) is 0 Å². The molecule has 0 spiro atoms. The van der Waals surface area contributed by atoms with Gasteiger partial charge in [-0.05, 0) is 26.8 Å². The molecule has 0 aliphatic carbocycles. The van der Waals surface area contributed by atoms with Crippen LogP contribution in [0.15, 0.2) is 17.2 Å². The number of hydrogen-bond donors (Lipinski definition) is 3. The molecule has 1 aromatic heterocycles. The number of nitrogens with one attached hydrogen (secondary N) is 1. The number of aromatic nitrogens is 1. The second kappa shape index (κ2) is 4.95. The van der Waals surface area contributed by atoms with Crippen molar-refractivity contribution in [3.05, 3.63) is 18.0 Å². The third-order valence-corrected chi connectivity index (χ3v) is 3.90. The summed E-state index contributed by atoms with van der Waals surface area (Å²) in [5, 5.41) is 17.2. The lowest BCUT2D eigenvalue weighted by Gasteiger charge is -2.29. The molecule has 1 atom stereocenters. The first kappa shape index (κ1) is 15.7. The molecule has 0 aliphatic rings. The molecule has 0 aromatic carbocycles. The molecule has 0 saturated carbocycles. The van der Waals surface area contributed by atoms with E-state index in [1.165, 1.54) is 16.8 Å². The van der Waals surface area contributed by atoms with Crippen molar-refractivity contribution in [3.63, 3.8) is 0 Å². The Bertz CT molecular complexity index is 587. The molecule has 0 aliphatic heterocycles. The smallest absolute Gasteiger partial charge is 0.268 e. The summed E-state index contributed by atoms with van der Waals surface area (Å²) in [6.45, 7) is 4.89. The average molecular weight is 289 g/mol. The van der Waals surface area contributed by atoms with Crippen molar-refractivity contribution in [2.75, 3.05) is 0 Å². The van der Waals surface area contributed by atoms with Gasteiger partial charge in [0.2, 0.25) is 10.0 Å². The lowest BCUT2D eigenvalue weighted by atomic mass is 9.98. The van der Waals surface area contributed by atoms with E-state index in [0.717, 1.165) is 0 Å². The summed E-state index contributed by atoms with van der Waals surface area (Å²) in [7, 11) is -2.31. The first-order valence-corrected chi connectivity index (χ1v) is 7.19. The largest absolute Gasteiger partial charge is 0.391 e. The van der Waals surface area contributed by atoms with Gasteiger partial charge in [-0.15, -0.1) is 0 Å². The fourth-order valence-corrected chi connectivity index (χ4v) is 1.96. The second-order valence-electron chi connectivity index (χ2n) is 5.07. The van der Waals surface area contributed by atoms with E-state index in [0.29, 0.717) is 0 Å². The molecule has 1 rings (SSSR count). The maximum atomic E-state index is 12.0. The first-order chi connectivity index (χ1) is 8.45. The number of carbonyl (C=O) groups is 1. The minimum Gasteiger partial charge on any atom is -0.391 e. The molecule has 7 nitrogen and oxygen atoms in total. The second-order valence-corrected chi connectivity index (χ2v) is 6.63. The minimum absolute atomic E-state index is 0.130. The molecular formula is C11H19N3O4S. The zero-order valence-corrected chi connectivity index (χ0v) is 12.2. The Kier molecular flexibility index (Phi) is 4.08. The predicted octanol–water partition coefficient (Wildman–Crippen LogP) is -0.438. The molecule has 4 N–H and O–H groups in total. The number of carbonyl (C=O) groups excluding carboxylic acids is 1. The zero-order valence-electron chi connectivity index (χ0n) is 11.3. The number of aliphatic hydroxyl groups excluding tert-OH is 1. The van der Waals surface area contributed by atoms with Crippen molar-refractivity contribution >= 4 is 15.9 Å². The SMILES string of the molecule is CC(O)C(C)(C)NC(=O)c1cc(S(N)(=O)=O)cn1C. The molecule has 1 heterocycles. The van der Waals surface area contributed by atoms with Crippen LogP contribution in [0.4, 0.5) is 0 Å². The van der Waals surface area contributed by atoms with Gasteiger partial charge in [-0.2, -0.15) is 0 Å². The van der Waals surface area contributed by atoms with Crippen LogP contribution < -0.4 is 10.5 Å². The van der Waals surface area contributed by atoms with E-state index in [4.69, 9.17) is 5.14 Å². The third-order valence-electron chi connectivity index (χ3n) is 3.02. The minimum atomic E-state index is -3.85. The molecule has 1 unspecified atom stereocenters. The fourth-order valence-electron chi connectivity index (χ4n) is 1.38. The van der Waals surface area contributed by atoms with Gasteiger partial charge in [0, 0.05) is 13.2 Å². The summed E-state index contributed by atoms with van der Waals surface area (Å²) in [4.78, 5) is 11.9. The van der Waals surface area contributed by atoms with Crippen molar-refractivity contribution in [1.29, 1.82) is 0 Å². The normalized spacial score (nSPS) is 14.2. The van der Waals surface area contributed by atoms with Gasteiger partial charge in [-0.3, -0.25) is 4.79 Å². The van der Waals surface area contributed by atoms with Crippen LogP contribution in [0, 0.1) is 0 Å². The topological polar surface area (TPSA) is 114 Å². The van der Waals surface area contributed by atoms with Gasteiger partial charge in [0.1, 0.15) is 10.6 Å². The highest BCUT2D eigenvalue weighted by Gasteiger charge is 2.28. The van der Waals surface area contributed by atoms with Gasteiger partial charge in [-0.25, -0.2) is 13.6 Å². The summed E-state index contributed by atoms with van der Waals surface area (Å²) in [6, 6.07) is 1.20. The Labute approximate surface area is 112 Å². The van der Waals surface area contributed by atoms with E-state index in [-0.39, 0.29) is 10.6 Å². The van der Waals surface area contributed by atoms with E-state index >= 15 is 0 Å². The van der Waals surface area contributed by atoms with Crippen molar-refractivity contribution in [1.82, 2.24) is 9.88 Å². The number of sulfonamides is 1. The zero-order chi connectivity index (χ0) is 15.0. The van der Waals surface area contributed by atoms with Crippen molar-refractivity contribution < 1.29 is 18.3 Å². The number of rotatable bonds is 4. The molecule has 108 valence electrons. The van der Waals surface area contributed by atoms with Crippen molar-refractivity contribution in [2.24, 2.45) is 12.2 Å².